The number of hydrogen-bond donors (Lipinski definition) is 2. The quantitative estimate of drug-likeness (QED) is 0.567. The van der Waals surface area contributed by atoms with Gasteiger partial charge >= 0.3 is 0 Å². The predicted molar refractivity (Wildman–Crippen MR) is 62.7 cm³/mol. The molecule has 1 aromatic heterocycles. The van der Waals surface area contributed by atoms with Crippen LogP contribution in [0.5, 0.6) is 0 Å². The van der Waals surface area contributed by atoms with Crippen LogP contribution < -0.4 is 11.2 Å². The summed E-state index contributed by atoms with van der Waals surface area (Å²) in [5.74, 6) is -0.511. The maximum absolute atomic E-state index is 10.5. The van der Waals surface area contributed by atoms with Gasteiger partial charge in [0.1, 0.15) is 6.61 Å². The Kier molecular flexibility index (Phi) is 3.36. The molecule has 3 N–H and O–H groups in total. The summed E-state index contributed by atoms with van der Waals surface area (Å²) in [4.78, 5) is 15.3. The summed E-state index contributed by atoms with van der Waals surface area (Å²) in [6.45, 7) is 0.277. The van der Waals surface area contributed by atoms with Gasteiger partial charge in [0.25, 0.3) is 0 Å². The molecular weight excluding hydrogens is 220 g/mol. The van der Waals surface area contributed by atoms with Crippen LogP contribution in [0.2, 0.25) is 0 Å². The summed E-state index contributed by atoms with van der Waals surface area (Å²) in [5, 5.41) is 5.42. The van der Waals surface area contributed by atoms with Crippen LogP contribution in [0.3, 0.4) is 0 Å². The number of nitrogens with two attached hydrogens (primary N) is 1. The van der Waals surface area contributed by atoms with E-state index in [1.54, 1.807) is 4.68 Å². The average Bonchev–Trinajstić information content (AvgIpc) is 2.63. The fourth-order valence-corrected chi connectivity index (χ4v) is 1.66. The number of aryl methyl sites for hydroxylation is 1. The second-order valence-corrected chi connectivity index (χ2v) is 3.66. The average molecular weight is 234 g/mol. The standard InChI is InChI=1S/C11H14N4O2/c1-15-10-5-3-2-4-8(10)9(14-15)6-13-17-7-11(12)16/h2-5,13H,6-7H2,1H3,(H2,12,16). The number of nitrogens with one attached hydrogen (secondary N) is 1. The third-order valence-electron chi connectivity index (χ3n) is 2.39. The number of carbonyl (C=O) groups excluding carboxylic acids is 1. The molecular formula is C11H14N4O2. The van der Waals surface area contributed by atoms with Crippen molar-refractivity contribution in [1.82, 2.24) is 15.3 Å². The van der Waals surface area contributed by atoms with Crippen LogP contribution in [0, 0.1) is 0 Å². The molecule has 2 aromatic rings. The fraction of sp³-hybridized carbons (Fsp3) is 0.273. The molecule has 0 spiro atoms. The van der Waals surface area contributed by atoms with E-state index in [1.165, 1.54) is 0 Å². The molecule has 1 aromatic carbocycles. The maximum Gasteiger partial charge on any atom is 0.245 e. The summed E-state index contributed by atoms with van der Waals surface area (Å²) >= 11 is 0. The van der Waals surface area contributed by atoms with E-state index in [-0.39, 0.29) is 6.61 Å². The summed E-state index contributed by atoms with van der Waals surface area (Å²) < 4.78 is 1.81. The lowest BCUT2D eigenvalue weighted by molar-refractivity contribution is -0.125. The number of primary amides is 1. The predicted octanol–water partition coefficient (Wildman–Crippen LogP) is 0.0798. The summed E-state index contributed by atoms with van der Waals surface area (Å²) in [5.41, 5.74) is 9.53. The van der Waals surface area contributed by atoms with Gasteiger partial charge in [-0.15, -0.1) is 0 Å². The number of carbonyl (C=O) groups is 1. The van der Waals surface area contributed by atoms with Crippen LogP contribution in [0.4, 0.5) is 0 Å². The molecule has 0 aliphatic heterocycles. The fourth-order valence-electron chi connectivity index (χ4n) is 1.66. The van der Waals surface area contributed by atoms with Crippen molar-refractivity contribution in [2.45, 2.75) is 6.54 Å². The Morgan fingerprint density at radius 3 is 3.06 bits per heavy atom. The molecule has 0 fully saturated rings. The van der Waals surface area contributed by atoms with Gasteiger partial charge in [-0.2, -0.15) is 10.6 Å². The van der Waals surface area contributed by atoms with Gasteiger partial charge < -0.3 is 5.73 Å². The van der Waals surface area contributed by atoms with Crippen molar-refractivity contribution in [3.8, 4) is 0 Å². The Morgan fingerprint density at radius 1 is 1.53 bits per heavy atom. The molecule has 6 nitrogen and oxygen atoms in total. The van der Waals surface area contributed by atoms with Gasteiger partial charge in [-0.1, -0.05) is 18.2 Å². The third kappa shape index (κ3) is 2.61. The number of aromatic nitrogens is 2. The molecule has 90 valence electrons. The van der Waals surface area contributed by atoms with E-state index in [2.05, 4.69) is 10.6 Å². The largest absolute Gasteiger partial charge is 0.368 e. The lowest BCUT2D eigenvalue weighted by Gasteiger charge is -2.01. The van der Waals surface area contributed by atoms with E-state index < -0.39 is 5.91 Å². The van der Waals surface area contributed by atoms with Crippen molar-refractivity contribution in [2.24, 2.45) is 12.8 Å². The van der Waals surface area contributed by atoms with Crippen LogP contribution in [-0.2, 0) is 23.2 Å². The Balaban J connectivity index is 2.06. The molecule has 17 heavy (non-hydrogen) atoms. The van der Waals surface area contributed by atoms with Gasteiger partial charge in [0, 0.05) is 12.4 Å². The van der Waals surface area contributed by atoms with Crippen LogP contribution in [0.15, 0.2) is 24.3 Å². The Labute approximate surface area is 98.3 Å². The molecule has 0 atom stereocenters. The third-order valence-corrected chi connectivity index (χ3v) is 2.39. The topological polar surface area (TPSA) is 82.2 Å². The summed E-state index contributed by atoms with van der Waals surface area (Å²) in [6, 6.07) is 7.91. The van der Waals surface area contributed by atoms with Crippen LogP contribution in [0.25, 0.3) is 10.9 Å². The monoisotopic (exact) mass is 234 g/mol. The zero-order valence-corrected chi connectivity index (χ0v) is 9.51. The molecule has 6 heteroatoms. The van der Waals surface area contributed by atoms with Crippen molar-refractivity contribution in [2.75, 3.05) is 6.61 Å². The molecule has 0 radical (unpaired) electrons. The number of fused-ring (bicyclic) bond motifs is 1. The zero-order chi connectivity index (χ0) is 12.3. The van der Waals surface area contributed by atoms with Gasteiger partial charge in [0.15, 0.2) is 0 Å². The van der Waals surface area contributed by atoms with Crippen molar-refractivity contribution < 1.29 is 9.63 Å². The van der Waals surface area contributed by atoms with Crippen molar-refractivity contribution in [3.05, 3.63) is 30.0 Å². The summed E-state index contributed by atoms with van der Waals surface area (Å²) in [7, 11) is 1.89. The lowest BCUT2D eigenvalue weighted by Crippen LogP contribution is -2.24. The maximum atomic E-state index is 10.5. The van der Waals surface area contributed by atoms with Crippen molar-refractivity contribution >= 4 is 16.8 Å². The van der Waals surface area contributed by atoms with Gasteiger partial charge in [0.05, 0.1) is 17.8 Å². The number of rotatable bonds is 5. The first-order valence-electron chi connectivity index (χ1n) is 5.22. The second-order valence-electron chi connectivity index (χ2n) is 3.66. The van der Waals surface area contributed by atoms with Gasteiger partial charge in [-0.25, -0.2) is 0 Å². The van der Waals surface area contributed by atoms with Crippen molar-refractivity contribution in [1.29, 1.82) is 0 Å². The molecule has 0 saturated heterocycles. The Hall–Kier alpha value is -1.92. The Bertz CT molecular complexity index is 535. The van der Waals surface area contributed by atoms with E-state index >= 15 is 0 Å². The Morgan fingerprint density at radius 2 is 2.29 bits per heavy atom. The minimum Gasteiger partial charge on any atom is -0.368 e. The second kappa shape index (κ2) is 4.94. The highest BCUT2D eigenvalue weighted by Gasteiger charge is 2.07. The SMILES string of the molecule is Cn1nc(CNOCC(N)=O)c2ccccc21. The van der Waals surface area contributed by atoms with Crippen molar-refractivity contribution in [3.63, 3.8) is 0 Å². The molecule has 0 aliphatic carbocycles. The first-order chi connectivity index (χ1) is 8.18. The van der Waals surface area contributed by atoms with E-state index in [0.29, 0.717) is 6.54 Å². The minimum atomic E-state index is -0.511. The first-order valence-corrected chi connectivity index (χ1v) is 5.22. The number of benzene rings is 1. The normalized spacial score (nSPS) is 10.9. The number of hydroxylamine groups is 1. The molecule has 0 aliphatic rings. The molecule has 0 unspecified atom stereocenters. The van der Waals surface area contributed by atoms with Gasteiger partial charge in [-0.3, -0.25) is 14.3 Å². The number of hydrogen-bond acceptors (Lipinski definition) is 4. The van der Waals surface area contributed by atoms with Crippen LogP contribution in [0.1, 0.15) is 5.69 Å². The van der Waals surface area contributed by atoms with Gasteiger partial charge in [-0.05, 0) is 6.07 Å². The van der Waals surface area contributed by atoms with E-state index in [0.717, 1.165) is 16.6 Å². The van der Waals surface area contributed by atoms with Crippen LogP contribution >= 0.6 is 0 Å². The molecule has 1 amide bonds. The highest BCUT2D eigenvalue weighted by Crippen LogP contribution is 2.16. The molecule has 2 rings (SSSR count). The van der Waals surface area contributed by atoms with E-state index in [9.17, 15) is 4.79 Å². The highest BCUT2D eigenvalue weighted by atomic mass is 16.6. The van der Waals surface area contributed by atoms with E-state index in [4.69, 9.17) is 10.6 Å². The minimum absolute atomic E-state index is 0.148. The molecule has 0 saturated carbocycles. The van der Waals surface area contributed by atoms with Gasteiger partial charge in [0.2, 0.25) is 5.91 Å². The number of nitrogens with zero attached hydrogens (tertiary/aromatic N) is 2. The smallest absolute Gasteiger partial charge is 0.245 e. The van der Waals surface area contributed by atoms with E-state index in [1.807, 2.05) is 31.3 Å². The molecule has 0 bridgehead atoms. The van der Waals surface area contributed by atoms with Crippen LogP contribution in [-0.4, -0.2) is 22.3 Å². The number of amides is 1. The molecule has 1 heterocycles. The summed E-state index contributed by atoms with van der Waals surface area (Å²) in [6.07, 6.45) is 0. The first kappa shape index (κ1) is 11.6. The zero-order valence-electron chi connectivity index (χ0n) is 9.51. The number of para-hydroxylation sites is 1. The lowest BCUT2D eigenvalue weighted by atomic mass is 10.2. The highest BCUT2D eigenvalue weighted by molar-refractivity contribution is 5.81.